The number of ether oxygens (including phenoxy) is 1. The number of anilines is 2. The lowest BCUT2D eigenvalue weighted by Gasteiger charge is -2.17. The van der Waals surface area contributed by atoms with E-state index in [2.05, 4.69) is 15.3 Å². The summed E-state index contributed by atoms with van der Waals surface area (Å²) in [6.45, 7) is 5.39. The van der Waals surface area contributed by atoms with E-state index in [0.717, 1.165) is 17.4 Å². The Labute approximate surface area is 132 Å². The lowest BCUT2D eigenvalue weighted by molar-refractivity contribution is -0.139. The fourth-order valence-electron chi connectivity index (χ4n) is 1.82. The summed E-state index contributed by atoms with van der Waals surface area (Å²) in [6, 6.07) is 7.36. The summed E-state index contributed by atoms with van der Waals surface area (Å²) in [5.41, 5.74) is 0.676. The van der Waals surface area contributed by atoms with Gasteiger partial charge in [-0.3, -0.25) is 0 Å². The first-order valence-corrected chi connectivity index (χ1v) is 7.24. The maximum Gasteiger partial charge on any atom is 0.423 e. The van der Waals surface area contributed by atoms with Gasteiger partial charge in [0.25, 0.3) is 0 Å². The molecule has 1 aromatic carbocycles. The van der Waals surface area contributed by atoms with E-state index in [1.165, 1.54) is 0 Å². The van der Waals surface area contributed by atoms with E-state index in [1.807, 2.05) is 32.0 Å². The van der Waals surface area contributed by atoms with Crippen LogP contribution in [0.4, 0.5) is 24.8 Å². The molecule has 0 fully saturated rings. The maximum atomic E-state index is 13.0. The normalized spacial score (nSPS) is 12.8. The van der Waals surface area contributed by atoms with Crippen LogP contribution in [0.5, 0.6) is 5.88 Å². The number of para-hydroxylation sites is 1. The molecule has 7 heteroatoms. The molecule has 0 saturated heterocycles. The summed E-state index contributed by atoms with van der Waals surface area (Å²) in [4.78, 5) is 7.65. The van der Waals surface area contributed by atoms with Gasteiger partial charge in [0.1, 0.15) is 5.56 Å². The Bertz CT molecular complexity index is 674. The predicted molar refractivity (Wildman–Crippen MR) is 81.9 cm³/mol. The second kappa shape index (κ2) is 6.85. The van der Waals surface area contributed by atoms with Gasteiger partial charge in [-0.1, -0.05) is 25.1 Å². The Morgan fingerprint density at radius 1 is 1.26 bits per heavy atom. The largest absolute Gasteiger partial charge is 0.474 e. The number of hydrogen-bond acceptors (Lipinski definition) is 4. The number of aryl methyl sites for hydroxylation is 1. The number of hydrogen-bond donors (Lipinski definition) is 1. The molecule has 1 unspecified atom stereocenters. The van der Waals surface area contributed by atoms with E-state index in [9.17, 15) is 13.2 Å². The maximum absolute atomic E-state index is 13.0. The van der Waals surface area contributed by atoms with Crippen molar-refractivity contribution < 1.29 is 17.9 Å². The first-order chi connectivity index (χ1) is 10.8. The SMILES string of the molecule is CCC(C)Oc1nc(Nc2ccccc2C)ncc1C(F)(F)F. The van der Waals surface area contributed by atoms with Crippen LogP contribution in [0.2, 0.25) is 0 Å². The standard InChI is InChI=1S/C16H18F3N3O/c1-4-11(3)23-14-12(16(17,18)19)9-20-15(22-14)21-13-8-6-5-7-10(13)2/h5-9,11H,4H2,1-3H3,(H,20,21,22). The van der Waals surface area contributed by atoms with Gasteiger partial charge in [-0.05, 0) is 31.9 Å². The quantitative estimate of drug-likeness (QED) is 0.864. The second-order valence-electron chi connectivity index (χ2n) is 5.19. The van der Waals surface area contributed by atoms with Crippen LogP contribution in [0.1, 0.15) is 31.4 Å². The molecule has 1 heterocycles. The van der Waals surface area contributed by atoms with E-state index in [4.69, 9.17) is 4.74 Å². The van der Waals surface area contributed by atoms with Crippen LogP contribution < -0.4 is 10.1 Å². The molecule has 0 bridgehead atoms. The van der Waals surface area contributed by atoms with Crippen molar-refractivity contribution in [2.45, 2.75) is 39.5 Å². The van der Waals surface area contributed by atoms with Gasteiger partial charge in [0, 0.05) is 11.9 Å². The van der Waals surface area contributed by atoms with E-state index < -0.39 is 17.6 Å². The van der Waals surface area contributed by atoms with E-state index in [0.29, 0.717) is 6.42 Å². The minimum absolute atomic E-state index is 0.0607. The van der Waals surface area contributed by atoms with Crippen LogP contribution in [-0.4, -0.2) is 16.1 Å². The van der Waals surface area contributed by atoms with E-state index in [-0.39, 0.29) is 12.1 Å². The molecule has 0 aliphatic rings. The molecule has 0 saturated carbocycles. The molecule has 0 radical (unpaired) electrons. The number of halogens is 3. The van der Waals surface area contributed by atoms with Gasteiger partial charge in [-0.25, -0.2) is 4.98 Å². The van der Waals surface area contributed by atoms with Crippen LogP contribution in [0, 0.1) is 6.92 Å². The van der Waals surface area contributed by atoms with E-state index in [1.54, 1.807) is 13.0 Å². The average molecular weight is 325 g/mol. The summed E-state index contributed by atoms with van der Waals surface area (Å²) in [7, 11) is 0. The number of benzene rings is 1. The van der Waals surface area contributed by atoms with Crippen molar-refractivity contribution in [3.8, 4) is 5.88 Å². The third-order valence-corrected chi connectivity index (χ3v) is 3.34. The number of nitrogens with zero attached hydrogens (tertiary/aromatic N) is 2. The predicted octanol–water partition coefficient (Wildman–Crippen LogP) is 4.72. The molecular weight excluding hydrogens is 307 g/mol. The molecule has 124 valence electrons. The van der Waals surface area contributed by atoms with Crippen molar-refractivity contribution in [2.75, 3.05) is 5.32 Å². The molecular formula is C16H18F3N3O. The monoisotopic (exact) mass is 325 g/mol. The Balaban J connectivity index is 2.35. The van der Waals surface area contributed by atoms with Crippen LogP contribution in [0.25, 0.3) is 0 Å². The topological polar surface area (TPSA) is 47.0 Å². The zero-order valence-corrected chi connectivity index (χ0v) is 13.1. The third-order valence-electron chi connectivity index (χ3n) is 3.34. The molecule has 0 aliphatic heterocycles. The average Bonchev–Trinajstić information content (AvgIpc) is 2.48. The zero-order chi connectivity index (χ0) is 17.0. The van der Waals surface area contributed by atoms with Crippen molar-refractivity contribution in [1.82, 2.24) is 9.97 Å². The minimum atomic E-state index is -4.57. The van der Waals surface area contributed by atoms with Crippen molar-refractivity contribution in [3.63, 3.8) is 0 Å². The van der Waals surface area contributed by atoms with Gasteiger partial charge in [0.15, 0.2) is 0 Å². The van der Waals surface area contributed by atoms with Crippen LogP contribution >= 0.6 is 0 Å². The summed E-state index contributed by atoms with van der Waals surface area (Å²) >= 11 is 0. The highest BCUT2D eigenvalue weighted by atomic mass is 19.4. The molecule has 0 spiro atoms. The summed E-state index contributed by atoms with van der Waals surface area (Å²) in [5, 5.41) is 2.91. The molecule has 0 amide bonds. The summed E-state index contributed by atoms with van der Waals surface area (Å²) < 4.78 is 44.5. The highest BCUT2D eigenvalue weighted by Gasteiger charge is 2.36. The molecule has 1 atom stereocenters. The van der Waals surface area contributed by atoms with Crippen molar-refractivity contribution in [1.29, 1.82) is 0 Å². The first kappa shape index (κ1) is 17.1. The van der Waals surface area contributed by atoms with Gasteiger partial charge in [-0.15, -0.1) is 0 Å². The van der Waals surface area contributed by atoms with Gasteiger partial charge < -0.3 is 10.1 Å². The molecule has 1 aromatic heterocycles. The zero-order valence-electron chi connectivity index (χ0n) is 13.1. The Morgan fingerprint density at radius 2 is 1.96 bits per heavy atom. The van der Waals surface area contributed by atoms with Crippen LogP contribution in [-0.2, 0) is 6.18 Å². The fourth-order valence-corrected chi connectivity index (χ4v) is 1.82. The van der Waals surface area contributed by atoms with Crippen molar-refractivity contribution >= 4 is 11.6 Å². The number of nitrogens with one attached hydrogen (secondary N) is 1. The number of rotatable bonds is 5. The highest BCUT2D eigenvalue weighted by Crippen LogP contribution is 2.36. The Kier molecular flexibility index (Phi) is 5.08. The van der Waals surface area contributed by atoms with Gasteiger partial charge in [0.05, 0.1) is 6.10 Å². The van der Waals surface area contributed by atoms with Crippen molar-refractivity contribution in [3.05, 3.63) is 41.6 Å². The van der Waals surface area contributed by atoms with Crippen LogP contribution in [0.3, 0.4) is 0 Å². The fraction of sp³-hybridized carbons (Fsp3) is 0.375. The third kappa shape index (κ3) is 4.34. The van der Waals surface area contributed by atoms with Gasteiger partial charge in [0.2, 0.25) is 11.8 Å². The number of aromatic nitrogens is 2. The Morgan fingerprint density at radius 3 is 2.57 bits per heavy atom. The molecule has 1 N–H and O–H groups in total. The highest BCUT2D eigenvalue weighted by molar-refractivity contribution is 5.58. The minimum Gasteiger partial charge on any atom is -0.474 e. The van der Waals surface area contributed by atoms with Gasteiger partial charge in [-0.2, -0.15) is 18.2 Å². The molecule has 0 aliphatic carbocycles. The molecule has 2 aromatic rings. The second-order valence-corrected chi connectivity index (χ2v) is 5.19. The van der Waals surface area contributed by atoms with Crippen LogP contribution in [0.15, 0.2) is 30.5 Å². The molecule has 2 rings (SSSR count). The lowest BCUT2D eigenvalue weighted by Crippen LogP contribution is -2.17. The summed E-state index contributed by atoms with van der Waals surface area (Å²) in [6.07, 6.45) is -3.63. The van der Waals surface area contributed by atoms with E-state index >= 15 is 0 Å². The number of alkyl halides is 3. The first-order valence-electron chi connectivity index (χ1n) is 7.24. The Hall–Kier alpha value is -2.31. The van der Waals surface area contributed by atoms with Gasteiger partial charge >= 0.3 is 6.18 Å². The van der Waals surface area contributed by atoms with Crippen molar-refractivity contribution in [2.24, 2.45) is 0 Å². The molecule has 4 nitrogen and oxygen atoms in total. The summed E-state index contributed by atoms with van der Waals surface area (Å²) in [5.74, 6) is -0.400. The lowest BCUT2D eigenvalue weighted by atomic mass is 10.2. The molecule has 23 heavy (non-hydrogen) atoms. The smallest absolute Gasteiger partial charge is 0.423 e.